The van der Waals surface area contributed by atoms with E-state index in [0.29, 0.717) is 0 Å². The van der Waals surface area contributed by atoms with Crippen molar-refractivity contribution in [1.82, 2.24) is 9.55 Å². The number of hydrogen-bond donors (Lipinski definition) is 4. The van der Waals surface area contributed by atoms with Crippen molar-refractivity contribution in [3.63, 3.8) is 0 Å². The van der Waals surface area contributed by atoms with Crippen LogP contribution in [0.15, 0.2) is 11.0 Å². The zero-order valence-corrected chi connectivity index (χ0v) is 11.7. The lowest BCUT2D eigenvalue weighted by molar-refractivity contribution is -0.0542. The number of hydrogen-bond acceptors (Lipinski definition) is 8. The number of esters is 1. The number of carbonyl (C=O) groups is 1. The topological polar surface area (TPSA) is 134 Å². The number of aromatic amines is 1. The molecule has 0 bridgehead atoms. The summed E-state index contributed by atoms with van der Waals surface area (Å²) >= 11 is 4.95. The van der Waals surface area contributed by atoms with Gasteiger partial charge in [0.2, 0.25) is 0 Å². The van der Waals surface area contributed by atoms with Crippen molar-refractivity contribution in [1.29, 1.82) is 0 Å². The molecule has 2 rings (SSSR count). The molecule has 1 fully saturated rings. The van der Waals surface area contributed by atoms with Crippen molar-refractivity contribution >= 4 is 18.2 Å². The molecular formula is C11H14N2O7S. The maximum atomic E-state index is 11.6. The van der Waals surface area contributed by atoms with Gasteiger partial charge >= 0.3 is 5.97 Å². The van der Waals surface area contributed by atoms with Crippen LogP contribution in [-0.4, -0.2) is 62.9 Å². The van der Waals surface area contributed by atoms with Crippen molar-refractivity contribution in [2.45, 2.75) is 24.5 Å². The molecule has 2 heterocycles. The SMILES string of the molecule is COC(=O)c1cn([C@@H]2O[C@H](CO)[C@@H](O)[C@H]2O)c(=S)[nH]c1=O. The first kappa shape index (κ1) is 15.8. The maximum Gasteiger partial charge on any atom is 0.345 e. The molecule has 0 unspecified atom stereocenters. The number of carbonyl (C=O) groups excluding carboxylic acids is 1. The van der Waals surface area contributed by atoms with Gasteiger partial charge in [0.25, 0.3) is 5.56 Å². The lowest BCUT2D eigenvalue weighted by atomic mass is 10.1. The van der Waals surface area contributed by atoms with Crippen molar-refractivity contribution < 1.29 is 29.6 Å². The van der Waals surface area contributed by atoms with Gasteiger partial charge in [-0.1, -0.05) is 0 Å². The zero-order chi connectivity index (χ0) is 15.7. The Balaban J connectivity index is 2.47. The number of nitrogens with zero attached hydrogens (tertiary/aromatic N) is 1. The number of rotatable bonds is 3. The second kappa shape index (κ2) is 6.03. The summed E-state index contributed by atoms with van der Waals surface area (Å²) in [4.78, 5) is 25.4. The summed E-state index contributed by atoms with van der Waals surface area (Å²) in [6, 6.07) is 0. The Morgan fingerprint density at radius 1 is 1.52 bits per heavy atom. The van der Waals surface area contributed by atoms with E-state index in [2.05, 4.69) is 9.72 Å². The lowest BCUT2D eigenvalue weighted by Crippen LogP contribution is -2.34. The highest BCUT2D eigenvalue weighted by molar-refractivity contribution is 7.71. The van der Waals surface area contributed by atoms with Crippen molar-refractivity contribution in [2.75, 3.05) is 13.7 Å². The average Bonchev–Trinajstić information content (AvgIpc) is 2.74. The molecule has 10 heteroatoms. The predicted molar refractivity (Wildman–Crippen MR) is 70.2 cm³/mol. The smallest absolute Gasteiger partial charge is 0.345 e. The zero-order valence-electron chi connectivity index (χ0n) is 10.9. The van der Waals surface area contributed by atoms with Crippen LogP contribution in [0.2, 0.25) is 0 Å². The monoisotopic (exact) mass is 318 g/mol. The van der Waals surface area contributed by atoms with Crippen molar-refractivity contribution in [2.24, 2.45) is 0 Å². The van der Waals surface area contributed by atoms with Crippen LogP contribution < -0.4 is 5.56 Å². The van der Waals surface area contributed by atoms with E-state index < -0.39 is 42.7 Å². The second-order valence-electron chi connectivity index (χ2n) is 4.43. The first-order valence-corrected chi connectivity index (χ1v) is 6.37. The van der Waals surface area contributed by atoms with Gasteiger partial charge in [-0.05, 0) is 12.2 Å². The number of methoxy groups -OCH3 is 1. The summed E-state index contributed by atoms with van der Waals surface area (Å²) in [5, 5.41) is 28.7. The van der Waals surface area contributed by atoms with Crippen LogP contribution in [0, 0.1) is 4.77 Å². The Morgan fingerprint density at radius 3 is 2.71 bits per heavy atom. The fourth-order valence-corrected chi connectivity index (χ4v) is 2.29. The first-order valence-electron chi connectivity index (χ1n) is 5.97. The minimum absolute atomic E-state index is 0.109. The number of nitrogens with one attached hydrogen (secondary N) is 1. The van der Waals surface area contributed by atoms with E-state index in [1.165, 1.54) is 0 Å². The molecule has 1 aliphatic rings. The summed E-state index contributed by atoms with van der Waals surface area (Å²) < 4.78 is 10.8. The third-order valence-corrected chi connectivity index (χ3v) is 3.48. The minimum atomic E-state index is -1.38. The summed E-state index contributed by atoms with van der Waals surface area (Å²) in [6.07, 6.45) is -3.78. The molecule has 0 saturated carbocycles. The van der Waals surface area contributed by atoms with Crippen LogP contribution in [-0.2, 0) is 9.47 Å². The van der Waals surface area contributed by atoms with Crippen molar-refractivity contribution in [3.05, 3.63) is 26.9 Å². The van der Waals surface area contributed by atoms with Crippen LogP contribution >= 0.6 is 12.2 Å². The molecule has 1 saturated heterocycles. The van der Waals surface area contributed by atoms with E-state index in [1.807, 2.05) is 0 Å². The van der Waals surface area contributed by atoms with Crippen molar-refractivity contribution in [3.8, 4) is 0 Å². The summed E-state index contributed by atoms with van der Waals surface area (Å²) in [5.74, 6) is -0.883. The van der Waals surface area contributed by atoms with Gasteiger partial charge in [-0.15, -0.1) is 0 Å². The quantitative estimate of drug-likeness (QED) is 0.383. The normalized spacial score (nSPS) is 28.6. The Morgan fingerprint density at radius 2 is 2.19 bits per heavy atom. The minimum Gasteiger partial charge on any atom is -0.465 e. The number of aliphatic hydroxyl groups excluding tert-OH is 3. The highest BCUT2D eigenvalue weighted by Gasteiger charge is 2.43. The van der Waals surface area contributed by atoms with E-state index in [4.69, 9.17) is 22.1 Å². The second-order valence-corrected chi connectivity index (χ2v) is 4.82. The fraction of sp³-hybridized carbons (Fsp3) is 0.545. The molecule has 1 aliphatic heterocycles. The molecule has 4 N–H and O–H groups in total. The highest BCUT2D eigenvalue weighted by Crippen LogP contribution is 2.29. The number of aromatic nitrogens is 2. The standard InChI is InChI=1S/C11H14N2O7S/c1-19-10(18)4-2-13(11(21)12-8(4)17)9-7(16)6(15)5(3-14)20-9/h2,5-7,9,14-16H,3H2,1H3,(H,12,17,21)/t5-,6-,7-,9-/m1/s1. The van der Waals surface area contributed by atoms with Gasteiger partial charge < -0.3 is 24.8 Å². The average molecular weight is 318 g/mol. The molecule has 0 spiro atoms. The van der Waals surface area contributed by atoms with Gasteiger partial charge in [0.05, 0.1) is 13.7 Å². The Labute approximate surface area is 123 Å². The Kier molecular flexibility index (Phi) is 4.54. The van der Waals surface area contributed by atoms with E-state index in [9.17, 15) is 19.8 Å². The fourth-order valence-electron chi connectivity index (χ4n) is 2.04. The molecule has 0 aliphatic carbocycles. The number of H-pyrrole nitrogens is 1. The van der Waals surface area contributed by atoms with E-state index in [0.717, 1.165) is 17.9 Å². The van der Waals surface area contributed by atoms with Gasteiger partial charge in [0.15, 0.2) is 11.0 Å². The first-order chi connectivity index (χ1) is 9.90. The van der Waals surface area contributed by atoms with Crippen LogP contribution in [0.4, 0.5) is 0 Å². The van der Waals surface area contributed by atoms with E-state index in [-0.39, 0.29) is 10.3 Å². The van der Waals surface area contributed by atoms with Gasteiger partial charge in [-0.2, -0.15) is 0 Å². The van der Waals surface area contributed by atoms with Crippen LogP contribution in [0.1, 0.15) is 16.6 Å². The van der Waals surface area contributed by atoms with Gasteiger partial charge in [0, 0.05) is 6.20 Å². The molecule has 4 atom stereocenters. The summed E-state index contributed by atoms with van der Waals surface area (Å²) in [5.41, 5.74) is -1.07. The molecule has 0 aromatic carbocycles. The number of ether oxygens (including phenoxy) is 2. The molecule has 9 nitrogen and oxygen atoms in total. The van der Waals surface area contributed by atoms with E-state index in [1.54, 1.807) is 0 Å². The predicted octanol–water partition coefficient (Wildman–Crippen LogP) is -1.70. The summed E-state index contributed by atoms with van der Waals surface area (Å²) in [6.45, 7) is -0.505. The molecule has 1 aromatic rings. The van der Waals surface area contributed by atoms with Crippen LogP contribution in [0.5, 0.6) is 0 Å². The molecule has 0 radical (unpaired) electrons. The summed E-state index contributed by atoms with van der Waals surface area (Å²) in [7, 11) is 1.11. The molecule has 0 amide bonds. The van der Waals surface area contributed by atoms with Gasteiger partial charge in [0.1, 0.15) is 23.9 Å². The van der Waals surface area contributed by atoms with Crippen LogP contribution in [0.3, 0.4) is 0 Å². The van der Waals surface area contributed by atoms with Gasteiger partial charge in [-0.3, -0.25) is 14.3 Å². The maximum absolute atomic E-state index is 11.6. The lowest BCUT2D eigenvalue weighted by Gasteiger charge is -2.18. The largest absolute Gasteiger partial charge is 0.465 e. The molecular weight excluding hydrogens is 304 g/mol. The Bertz CT molecular complexity index is 655. The third-order valence-electron chi connectivity index (χ3n) is 3.16. The van der Waals surface area contributed by atoms with Gasteiger partial charge in [-0.25, -0.2) is 4.79 Å². The third kappa shape index (κ3) is 2.76. The molecule has 116 valence electrons. The molecule has 21 heavy (non-hydrogen) atoms. The highest BCUT2D eigenvalue weighted by atomic mass is 32.1. The molecule has 1 aromatic heterocycles. The number of aliphatic hydroxyl groups is 3. The van der Waals surface area contributed by atoms with E-state index >= 15 is 0 Å². The Hall–Kier alpha value is -1.59. The van der Waals surface area contributed by atoms with Crippen LogP contribution in [0.25, 0.3) is 0 Å².